The first-order valence-corrected chi connectivity index (χ1v) is 7.97. The summed E-state index contributed by atoms with van der Waals surface area (Å²) in [5.41, 5.74) is 0.829. The highest BCUT2D eigenvalue weighted by molar-refractivity contribution is 6.39. The molecule has 0 spiro atoms. The molecule has 0 aliphatic carbocycles. The standard InChI is InChI=1S/C17H17N5O3/c1-11-19-15(21-25-11)13-5-3-7-22(10-13)17(24)16(23)20-14-6-2-4-12(8-14)9-18/h2,4,6,8,13H,3,5,7,10H2,1H3,(H,20,23)/t13-/m0/s1. The number of aromatic nitrogens is 2. The van der Waals surface area contributed by atoms with Gasteiger partial charge in [0.05, 0.1) is 11.6 Å². The van der Waals surface area contributed by atoms with E-state index in [2.05, 4.69) is 15.5 Å². The fourth-order valence-electron chi connectivity index (χ4n) is 2.85. The van der Waals surface area contributed by atoms with Crippen LogP contribution in [0, 0.1) is 18.3 Å². The van der Waals surface area contributed by atoms with Crippen LogP contribution in [-0.2, 0) is 9.59 Å². The Kier molecular flexibility index (Phi) is 4.75. The Morgan fingerprint density at radius 3 is 3.00 bits per heavy atom. The van der Waals surface area contributed by atoms with Gasteiger partial charge in [-0.3, -0.25) is 9.59 Å². The van der Waals surface area contributed by atoms with Gasteiger partial charge in [0.15, 0.2) is 5.82 Å². The number of carbonyl (C=O) groups excluding carboxylic acids is 2. The van der Waals surface area contributed by atoms with E-state index in [9.17, 15) is 9.59 Å². The fourth-order valence-corrected chi connectivity index (χ4v) is 2.85. The number of rotatable bonds is 2. The predicted octanol–water partition coefficient (Wildman–Crippen LogP) is 1.59. The third kappa shape index (κ3) is 3.83. The van der Waals surface area contributed by atoms with E-state index < -0.39 is 11.8 Å². The van der Waals surface area contributed by atoms with Crippen molar-refractivity contribution in [3.8, 4) is 6.07 Å². The Morgan fingerprint density at radius 2 is 2.28 bits per heavy atom. The third-order valence-corrected chi connectivity index (χ3v) is 4.06. The van der Waals surface area contributed by atoms with Gasteiger partial charge in [0.25, 0.3) is 0 Å². The Morgan fingerprint density at radius 1 is 1.44 bits per heavy atom. The second kappa shape index (κ2) is 7.13. The van der Waals surface area contributed by atoms with E-state index in [4.69, 9.17) is 9.78 Å². The lowest BCUT2D eigenvalue weighted by atomic mass is 9.97. The summed E-state index contributed by atoms with van der Waals surface area (Å²) in [6.45, 7) is 2.60. The number of hydrogen-bond donors (Lipinski definition) is 1. The van der Waals surface area contributed by atoms with Crippen LogP contribution in [0.3, 0.4) is 0 Å². The number of hydrogen-bond acceptors (Lipinski definition) is 6. The van der Waals surface area contributed by atoms with Crippen LogP contribution >= 0.6 is 0 Å². The quantitative estimate of drug-likeness (QED) is 0.832. The molecule has 0 saturated carbocycles. The zero-order chi connectivity index (χ0) is 17.8. The Balaban J connectivity index is 1.65. The first-order chi connectivity index (χ1) is 12.1. The monoisotopic (exact) mass is 339 g/mol. The highest BCUT2D eigenvalue weighted by Gasteiger charge is 2.30. The molecule has 1 saturated heterocycles. The Bertz CT molecular complexity index is 839. The summed E-state index contributed by atoms with van der Waals surface area (Å²) in [4.78, 5) is 30.4. The van der Waals surface area contributed by atoms with Crippen LogP contribution in [0.5, 0.6) is 0 Å². The SMILES string of the molecule is Cc1nc([C@H]2CCCN(C(=O)C(=O)Nc3cccc(C#N)c3)C2)no1. The molecule has 8 heteroatoms. The maximum Gasteiger partial charge on any atom is 0.313 e. The molecule has 0 unspecified atom stereocenters. The number of nitrogens with one attached hydrogen (secondary N) is 1. The average Bonchev–Trinajstić information content (AvgIpc) is 3.07. The van der Waals surface area contributed by atoms with Crippen LogP contribution in [0.4, 0.5) is 5.69 Å². The van der Waals surface area contributed by atoms with Gasteiger partial charge in [0, 0.05) is 31.6 Å². The molecule has 8 nitrogen and oxygen atoms in total. The summed E-state index contributed by atoms with van der Waals surface area (Å²) < 4.78 is 4.99. The molecule has 1 aromatic heterocycles. The Labute approximate surface area is 144 Å². The van der Waals surface area contributed by atoms with E-state index in [-0.39, 0.29) is 5.92 Å². The van der Waals surface area contributed by atoms with Crippen molar-refractivity contribution in [1.29, 1.82) is 5.26 Å². The van der Waals surface area contributed by atoms with Gasteiger partial charge >= 0.3 is 11.8 Å². The molecule has 1 atom stereocenters. The molecule has 1 N–H and O–H groups in total. The summed E-state index contributed by atoms with van der Waals surface area (Å²) in [6, 6.07) is 8.41. The minimum atomic E-state index is -0.722. The van der Waals surface area contributed by atoms with E-state index in [0.717, 1.165) is 12.8 Å². The van der Waals surface area contributed by atoms with E-state index in [1.165, 1.54) is 11.0 Å². The zero-order valence-electron chi connectivity index (χ0n) is 13.7. The lowest BCUT2D eigenvalue weighted by Gasteiger charge is -2.30. The first kappa shape index (κ1) is 16.6. The van der Waals surface area contributed by atoms with Gasteiger partial charge < -0.3 is 14.7 Å². The van der Waals surface area contributed by atoms with E-state index in [0.29, 0.717) is 36.1 Å². The molecule has 1 aliphatic heterocycles. The first-order valence-electron chi connectivity index (χ1n) is 7.97. The molecule has 1 aliphatic rings. The molecule has 0 bridgehead atoms. The topological polar surface area (TPSA) is 112 Å². The zero-order valence-corrected chi connectivity index (χ0v) is 13.7. The van der Waals surface area contributed by atoms with Crippen LogP contribution < -0.4 is 5.32 Å². The highest BCUT2D eigenvalue weighted by atomic mass is 16.5. The van der Waals surface area contributed by atoms with Crippen LogP contribution in [0.2, 0.25) is 0 Å². The van der Waals surface area contributed by atoms with Crippen molar-refractivity contribution < 1.29 is 14.1 Å². The number of carbonyl (C=O) groups is 2. The molecule has 2 amide bonds. The Hall–Kier alpha value is -3.21. The third-order valence-electron chi connectivity index (χ3n) is 4.06. The lowest BCUT2D eigenvalue weighted by molar-refractivity contribution is -0.144. The van der Waals surface area contributed by atoms with Crippen molar-refractivity contribution in [3.05, 3.63) is 41.5 Å². The van der Waals surface area contributed by atoms with Gasteiger partial charge in [-0.15, -0.1) is 0 Å². The van der Waals surface area contributed by atoms with Gasteiger partial charge in [-0.25, -0.2) is 0 Å². The van der Waals surface area contributed by atoms with Crippen LogP contribution in [0.1, 0.15) is 36.0 Å². The van der Waals surface area contributed by atoms with Crippen LogP contribution in [0.25, 0.3) is 0 Å². The van der Waals surface area contributed by atoms with Gasteiger partial charge in [0.1, 0.15) is 0 Å². The molecule has 25 heavy (non-hydrogen) atoms. The van der Waals surface area contributed by atoms with Crippen molar-refractivity contribution >= 4 is 17.5 Å². The molecule has 128 valence electrons. The summed E-state index contributed by atoms with van der Waals surface area (Å²) in [6.07, 6.45) is 1.61. The summed E-state index contributed by atoms with van der Waals surface area (Å²) >= 11 is 0. The number of likely N-dealkylation sites (tertiary alicyclic amines) is 1. The van der Waals surface area contributed by atoms with Crippen LogP contribution in [0.15, 0.2) is 28.8 Å². The molecule has 0 radical (unpaired) electrons. The number of nitriles is 1. The van der Waals surface area contributed by atoms with E-state index >= 15 is 0 Å². The maximum atomic E-state index is 12.4. The van der Waals surface area contributed by atoms with Crippen molar-refractivity contribution in [2.24, 2.45) is 0 Å². The smallest absolute Gasteiger partial charge is 0.313 e. The number of anilines is 1. The molecular formula is C17H17N5O3. The number of aryl methyl sites for hydroxylation is 1. The van der Waals surface area contributed by atoms with Crippen molar-refractivity contribution in [3.63, 3.8) is 0 Å². The average molecular weight is 339 g/mol. The minimum absolute atomic E-state index is 0.0372. The van der Waals surface area contributed by atoms with Crippen molar-refractivity contribution in [2.75, 3.05) is 18.4 Å². The summed E-state index contributed by atoms with van der Waals surface area (Å²) in [7, 11) is 0. The molecular weight excluding hydrogens is 322 g/mol. The molecule has 2 heterocycles. The lowest BCUT2D eigenvalue weighted by Crippen LogP contribution is -2.44. The number of benzene rings is 1. The maximum absolute atomic E-state index is 12.4. The molecule has 2 aromatic rings. The second-order valence-corrected chi connectivity index (χ2v) is 5.91. The highest BCUT2D eigenvalue weighted by Crippen LogP contribution is 2.25. The summed E-state index contributed by atoms with van der Waals surface area (Å²) in [5.74, 6) is -0.317. The summed E-state index contributed by atoms with van der Waals surface area (Å²) in [5, 5.41) is 15.3. The van der Waals surface area contributed by atoms with Crippen LogP contribution in [-0.4, -0.2) is 39.9 Å². The van der Waals surface area contributed by atoms with Crippen molar-refractivity contribution in [2.45, 2.75) is 25.7 Å². The van der Waals surface area contributed by atoms with Gasteiger partial charge in [-0.1, -0.05) is 11.2 Å². The van der Waals surface area contributed by atoms with E-state index in [1.54, 1.807) is 25.1 Å². The van der Waals surface area contributed by atoms with Gasteiger partial charge in [-0.05, 0) is 31.0 Å². The number of nitrogens with zero attached hydrogens (tertiary/aromatic N) is 4. The minimum Gasteiger partial charge on any atom is -0.340 e. The number of amides is 2. The van der Waals surface area contributed by atoms with E-state index in [1.807, 2.05) is 6.07 Å². The molecule has 1 aromatic carbocycles. The predicted molar refractivity (Wildman–Crippen MR) is 87.4 cm³/mol. The fraction of sp³-hybridized carbons (Fsp3) is 0.353. The molecule has 1 fully saturated rings. The second-order valence-electron chi connectivity index (χ2n) is 5.91. The van der Waals surface area contributed by atoms with Gasteiger partial charge in [0.2, 0.25) is 5.89 Å². The number of piperidine rings is 1. The largest absolute Gasteiger partial charge is 0.340 e. The van der Waals surface area contributed by atoms with Crippen molar-refractivity contribution in [1.82, 2.24) is 15.0 Å². The molecule has 3 rings (SSSR count). The van der Waals surface area contributed by atoms with Gasteiger partial charge in [-0.2, -0.15) is 10.2 Å². The normalized spacial score (nSPS) is 17.0.